The van der Waals surface area contributed by atoms with Crippen molar-refractivity contribution in [3.8, 4) is 0 Å². The number of nitrogens with one attached hydrogen (secondary N) is 2. The van der Waals surface area contributed by atoms with E-state index in [1.165, 1.54) is 0 Å². The third-order valence-corrected chi connectivity index (χ3v) is 5.12. The lowest BCUT2D eigenvalue weighted by atomic mass is 10.0. The summed E-state index contributed by atoms with van der Waals surface area (Å²) in [5.41, 5.74) is 0. The van der Waals surface area contributed by atoms with Gasteiger partial charge >= 0.3 is 0 Å². The monoisotopic (exact) mass is 498 g/mol. The Morgan fingerprint density at radius 1 is 1.11 bits per heavy atom. The number of morpholine rings is 1. The second-order valence-corrected chi connectivity index (χ2v) is 7.38. The first-order valence-corrected chi connectivity index (χ1v) is 10.2. The highest BCUT2D eigenvalue weighted by Crippen LogP contribution is 2.12. The zero-order chi connectivity index (χ0) is 18.6. The van der Waals surface area contributed by atoms with Gasteiger partial charge in [-0.15, -0.1) is 24.0 Å². The standard InChI is InChI=1S/C19H38N4O3.HI/c1-16(2)18(23-8-13-25-14-9-23)15-22-19(20-3)21-7-4-10-26-17-5-11-24-12-6-17;/h16-18H,4-15H2,1-3H3,(H2,20,21,22);1H. The molecule has 0 radical (unpaired) electrons. The third-order valence-electron chi connectivity index (χ3n) is 5.12. The Morgan fingerprint density at radius 3 is 2.41 bits per heavy atom. The number of aliphatic imine (C=N–C) groups is 1. The lowest BCUT2D eigenvalue weighted by molar-refractivity contribution is -0.0320. The molecule has 0 saturated carbocycles. The van der Waals surface area contributed by atoms with Gasteiger partial charge in [-0.2, -0.15) is 0 Å². The van der Waals surface area contributed by atoms with Crippen LogP contribution in [0.25, 0.3) is 0 Å². The summed E-state index contributed by atoms with van der Waals surface area (Å²) in [4.78, 5) is 6.87. The predicted molar refractivity (Wildman–Crippen MR) is 120 cm³/mol. The number of hydrogen-bond donors (Lipinski definition) is 2. The molecule has 2 rings (SSSR count). The molecule has 2 aliphatic rings. The van der Waals surface area contributed by atoms with E-state index in [2.05, 4.69) is 34.4 Å². The molecule has 2 saturated heterocycles. The van der Waals surface area contributed by atoms with E-state index < -0.39 is 0 Å². The zero-order valence-electron chi connectivity index (χ0n) is 17.2. The van der Waals surface area contributed by atoms with Gasteiger partial charge in [-0.3, -0.25) is 9.89 Å². The van der Waals surface area contributed by atoms with Crippen LogP contribution in [0.4, 0.5) is 0 Å². The van der Waals surface area contributed by atoms with Crippen LogP contribution >= 0.6 is 24.0 Å². The van der Waals surface area contributed by atoms with Crippen LogP contribution < -0.4 is 10.6 Å². The van der Waals surface area contributed by atoms with E-state index in [0.717, 1.165) is 84.4 Å². The van der Waals surface area contributed by atoms with Crippen molar-refractivity contribution < 1.29 is 14.2 Å². The third kappa shape index (κ3) is 9.74. The SMILES string of the molecule is CN=C(NCCCOC1CCOCC1)NCC(C(C)C)N1CCOCC1.I. The molecular formula is C19H39IN4O3. The molecule has 0 aliphatic carbocycles. The van der Waals surface area contributed by atoms with E-state index in [9.17, 15) is 0 Å². The summed E-state index contributed by atoms with van der Waals surface area (Å²) < 4.78 is 16.7. The number of ether oxygens (including phenoxy) is 3. The number of hydrogen-bond acceptors (Lipinski definition) is 5. The minimum atomic E-state index is 0. The summed E-state index contributed by atoms with van der Waals surface area (Å²) in [6, 6.07) is 0.495. The van der Waals surface area contributed by atoms with Crippen molar-refractivity contribution in [2.24, 2.45) is 10.9 Å². The van der Waals surface area contributed by atoms with Gasteiger partial charge in [0, 0.05) is 59.1 Å². The van der Waals surface area contributed by atoms with Crippen LogP contribution in [0.1, 0.15) is 33.1 Å². The molecule has 1 atom stereocenters. The van der Waals surface area contributed by atoms with Crippen molar-refractivity contribution >= 4 is 29.9 Å². The molecule has 2 fully saturated rings. The second kappa shape index (κ2) is 14.8. The Kier molecular flexibility index (Phi) is 13.6. The van der Waals surface area contributed by atoms with Gasteiger partial charge in [0.15, 0.2) is 5.96 Å². The zero-order valence-corrected chi connectivity index (χ0v) is 19.6. The average Bonchev–Trinajstić information content (AvgIpc) is 2.67. The van der Waals surface area contributed by atoms with Gasteiger partial charge in [0.1, 0.15) is 0 Å². The Labute approximate surface area is 182 Å². The molecule has 2 aliphatic heterocycles. The summed E-state index contributed by atoms with van der Waals surface area (Å²) in [5, 5.41) is 6.88. The van der Waals surface area contributed by atoms with Crippen LogP contribution in [0.3, 0.4) is 0 Å². The topological polar surface area (TPSA) is 67.4 Å². The van der Waals surface area contributed by atoms with Gasteiger partial charge in [0.25, 0.3) is 0 Å². The Morgan fingerprint density at radius 2 is 1.78 bits per heavy atom. The predicted octanol–water partition coefficient (Wildman–Crippen LogP) is 1.71. The first-order valence-electron chi connectivity index (χ1n) is 10.2. The van der Waals surface area contributed by atoms with Crippen LogP contribution in [0.5, 0.6) is 0 Å². The smallest absolute Gasteiger partial charge is 0.191 e. The summed E-state index contributed by atoms with van der Waals surface area (Å²) in [6.07, 6.45) is 3.40. The van der Waals surface area contributed by atoms with Crippen LogP contribution in [0.2, 0.25) is 0 Å². The van der Waals surface area contributed by atoms with Crippen molar-refractivity contribution in [1.29, 1.82) is 0 Å². The number of rotatable bonds is 9. The minimum absolute atomic E-state index is 0. The fourth-order valence-corrected chi connectivity index (χ4v) is 3.49. The van der Waals surface area contributed by atoms with Crippen LogP contribution in [0.15, 0.2) is 4.99 Å². The van der Waals surface area contributed by atoms with Crippen molar-refractivity contribution in [3.63, 3.8) is 0 Å². The molecule has 1 unspecified atom stereocenters. The Hall–Kier alpha value is -0.160. The summed E-state index contributed by atoms with van der Waals surface area (Å²) in [5.74, 6) is 1.46. The van der Waals surface area contributed by atoms with Crippen molar-refractivity contribution in [1.82, 2.24) is 15.5 Å². The summed E-state index contributed by atoms with van der Waals surface area (Å²) >= 11 is 0. The highest BCUT2D eigenvalue weighted by atomic mass is 127. The highest BCUT2D eigenvalue weighted by Gasteiger charge is 2.23. The normalized spacial score (nSPS) is 21.0. The molecule has 0 aromatic carbocycles. The van der Waals surface area contributed by atoms with E-state index in [1.54, 1.807) is 0 Å². The molecule has 2 heterocycles. The average molecular weight is 498 g/mol. The largest absolute Gasteiger partial charge is 0.381 e. The van der Waals surface area contributed by atoms with E-state index in [1.807, 2.05) is 7.05 Å². The molecule has 0 bridgehead atoms. The lowest BCUT2D eigenvalue weighted by Gasteiger charge is -2.37. The first-order chi connectivity index (χ1) is 12.7. The Bertz CT molecular complexity index is 400. The Balaban J connectivity index is 0.00000364. The fourth-order valence-electron chi connectivity index (χ4n) is 3.49. The van der Waals surface area contributed by atoms with E-state index in [4.69, 9.17) is 14.2 Å². The molecule has 0 aromatic heterocycles. The van der Waals surface area contributed by atoms with Gasteiger partial charge in [-0.05, 0) is 25.2 Å². The maximum absolute atomic E-state index is 5.91. The molecular weight excluding hydrogens is 459 g/mol. The van der Waals surface area contributed by atoms with Crippen molar-refractivity contribution in [2.75, 3.05) is 66.3 Å². The van der Waals surface area contributed by atoms with Gasteiger partial charge in [0.2, 0.25) is 0 Å². The number of nitrogens with zero attached hydrogens (tertiary/aromatic N) is 2. The first kappa shape index (κ1) is 24.9. The molecule has 27 heavy (non-hydrogen) atoms. The molecule has 0 spiro atoms. The van der Waals surface area contributed by atoms with Gasteiger partial charge < -0.3 is 24.8 Å². The van der Waals surface area contributed by atoms with Gasteiger partial charge in [0.05, 0.1) is 19.3 Å². The molecule has 8 heteroatoms. The minimum Gasteiger partial charge on any atom is -0.381 e. The van der Waals surface area contributed by atoms with E-state index in [-0.39, 0.29) is 24.0 Å². The molecule has 2 N–H and O–H groups in total. The number of halogens is 1. The van der Waals surface area contributed by atoms with Crippen LogP contribution in [-0.2, 0) is 14.2 Å². The molecule has 7 nitrogen and oxygen atoms in total. The van der Waals surface area contributed by atoms with Crippen LogP contribution in [0, 0.1) is 5.92 Å². The second-order valence-electron chi connectivity index (χ2n) is 7.38. The fraction of sp³-hybridized carbons (Fsp3) is 0.947. The van der Waals surface area contributed by atoms with Crippen LogP contribution in [-0.4, -0.2) is 89.3 Å². The number of guanidine groups is 1. The summed E-state index contributed by atoms with van der Waals surface area (Å²) in [7, 11) is 1.83. The van der Waals surface area contributed by atoms with Gasteiger partial charge in [-0.1, -0.05) is 13.8 Å². The molecule has 0 amide bonds. The molecule has 0 aromatic rings. The lowest BCUT2D eigenvalue weighted by Crippen LogP contribution is -2.52. The maximum atomic E-state index is 5.91. The quantitative estimate of drug-likeness (QED) is 0.219. The van der Waals surface area contributed by atoms with Gasteiger partial charge in [-0.25, -0.2) is 0 Å². The highest BCUT2D eigenvalue weighted by molar-refractivity contribution is 14.0. The van der Waals surface area contributed by atoms with E-state index in [0.29, 0.717) is 18.1 Å². The van der Waals surface area contributed by atoms with Crippen molar-refractivity contribution in [3.05, 3.63) is 0 Å². The summed E-state index contributed by atoms with van der Waals surface area (Å²) in [6.45, 7) is 12.5. The molecule has 160 valence electrons. The van der Waals surface area contributed by atoms with Crippen molar-refractivity contribution in [2.45, 2.75) is 45.3 Å². The van der Waals surface area contributed by atoms with E-state index >= 15 is 0 Å². The maximum Gasteiger partial charge on any atom is 0.191 e.